The number of halogens is 1. The minimum Gasteiger partial charge on any atom is -0.507 e. The number of benzene rings is 4. The Morgan fingerprint density at radius 3 is 2.10 bits per heavy atom. The van der Waals surface area contributed by atoms with Crippen LogP contribution in [0.1, 0.15) is 50.2 Å². The van der Waals surface area contributed by atoms with Gasteiger partial charge in [-0.15, -0.1) is 22.9 Å². The van der Waals surface area contributed by atoms with Crippen molar-refractivity contribution in [2.75, 3.05) is 35.9 Å². The predicted molar refractivity (Wildman–Crippen MR) is 213 cm³/mol. The lowest BCUT2D eigenvalue weighted by atomic mass is 9.95. The van der Waals surface area contributed by atoms with Crippen molar-refractivity contribution in [3.8, 4) is 11.5 Å². The molecule has 0 bridgehead atoms. The third-order valence-electron chi connectivity index (χ3n) is 10.6. The van der Waals surface area contributed by atoms with Gasteiger partial charge in [-0.2, -0.15) is 0 Å². The van der Waals surface area contributed by atoms with E-state index in [4.69, 9.17) is 35.3 Å². The van der Waals surface area contributed by atoms with Crippen molar-refractivity contribution in [1.29, 1.82) is 0 Å². The molecule has 6 atom stereocenters. The molecule has 0 radical (unpaired) electrons. The molecule has 4 heterocycles. The average molecular weight is 829 g/mol. The van der Waals surface area contributed by atoms with Crippen molar-refractivity contribution in [1.82, 2.24) is 0 Å². The van der Waals surface area contributed by atoms with Crippen LogP contribution in [0.4, 0.5) is 11.4 Å². The predicted octanol–water partition coefficient (Wildman–Crippen LogP) is 5.45. The monoisotopic (exact) mass is 828 g/mol. The first-order valence-electron chi connectivity index (χ1n) is 18.4. The van der Waals surface area contributed by atoms with Gasteiger partial charge in [0, 0.05) is 61.6 Å². The molecule has 3 aliphatic heterocycles. The highest BCUT2D eigenvalue weighted by Crippen LogP contribution is 2.47. The highest BCUT2D eigenvalue weighted by molar-refractivity contribution is 7.16. The molecule has 0 spiro atoms. The lowest BCUT2D eigenvalue weighted by Crippen LogP contribution is -2.63. The second-order valence-corrected chi connectivity index (χ2v) is 15.5. The number of aliphatic hydroxyl groups excluding tert-OH is 1. The highest BCUT2D eigenvalue weighted by Gasteiger charge is 2.53. The molecule has 1 aromatic heterocycles. The zero-order chi connectivity index (χ0) is 41.0. The second kappa shape index (κ2) is 15.5. The number of hydrogen-bond acceptors (Lipinski definition) is 13. The fourth-order valence-electron chi connectivity index (χ4n) is 8.12. The zero-order valence-electron chi connectivity index (χ0n) is 31.4. The minimum atomic E-state index is -1.77. The highest BCUT2D eigenvalue weighted by atomic mass is 35.5. The van der Waals surface area contributed by atoms with Gasteiger partial charge in [0.15, 0.2) is 18.3 Å². The molecule has 8 rings (SSSR count). The maximum Gasteiger partial charge on any atom is 0.339 e. The van der Waals surface area contributed by atoms with Crippen molar-refractivity contribution in [2.45, 2.75) is 56.9 Å². The van der Waals surface area contributed by atoms with Crippen LogP contribution in [-0.4, -0.2) is 96.7 Å². The molecule has 300 valence electrons. The Bertz CT molecular complexity index is 2510. The van der Waals surface area contributed by atoms with Gasteiger partial charge in [0.2, 0.25) is 6.29 Å². The fraction of sp³-hybridized carbons (Fsp3) is 0.310. The molecule has 2 N–H and O–H groups in total. The van der Waals surface area contributed by atoms with Gasteiger partial charge < -0.3 is 43.7 Å². The molecule has 0 saturated carbocycles. The first kappa shape index (κ1) is 39.1. The van der Waals surface area contributed by atoms with Gasteiger partial charge in [0.1, 0.15) is 17.6 Å². The van der Waals surface area contributed by atoms with E-state index in [-0.39, 0.29) is 41.7 Å². The summed E-state index contributed by atoms with van der Waals surface area (Å²) >= 11 is 7.59. The van der Waals surface area contributed by atoms with E-state index >= 15 is 0 Å². The Labute approximate surface area is 340 Å². The van der Waals surface area contributed by atoms with Crippen LogP contribution < -0.4 is 14.5 Å². The molecule has 2 amide bonds. The van der Waals surface area contributed by atoms with Gasteiger partial charge in [-0.25, -0.2) is 4.79 Å². The smallest absolute Gasteiger partial charge is 0.339 e. The number of ether oxygens (including phenoxy) is 5. The Morgan fingerprint density at radius 2 is 1.45 bits per heavy atom. The second-order valence-electron chi connectivity index (χ2n) is 14.1. The van der Waals surface area contributed by atoms with Crippen LogP contribution in [0, 0.1) is 0 Å². The van der Waals surface area contributed by atoms with E-state index in [1.165, 1.54) is 0 Å². The van der Waals surface area contributed by atoms with Gasteiger partial charge in [-0.1, -0.05) is 48.5 Å². The molecular weight excluding hydrogens is 792 g/mol. The van der Waals surface area contributed by atoms with E-state index in [1.807, 2.05) is 36.4 Å². The number of anilines is 2. The number of alkyl halides is 1. The van der Waals surface area contributed by atoms with E-state index in [2.05, 4.69) is 0 Å². The van der Waals surface area contributed by atoms with Crippen molar-refractivity contribution < 1.29 is 57.9 Å². The third-order valence-corrected chi connectivity index (χ3v) is 12.1. The molecule has 1 saturated heterocycles. The maximum atomic E-state index is 14.4. The minimum absolute atomic E-state index is 0.0797. The number of amides is 2. The number of carbonyl (C=O) groups is 5. The van der Waals surface area contributed by atoms with Crippen LogP contribution in [0.3, 0.4) is 0 Å². The van der Waals surface area contributed by atoms with Gasteiger partial charge >= 0.3 is 17.9 Å². The largest absolute Gasteiger partial charge is 0.507 e. The van der Waals surface area contributed by atoms with Crippen molar-refractivity contribution in [3.05, 3.63) is 93.7 Å². The fourth-order valence-corrected chi connectivity index (χ4v) is 9.27. The molecule has 5 aromatic rings. The van der Waals surface area contributed by atoms with Crippen molar-refractivity contribution in [2.24, 2.45) is 0 Å². The Hall–Kier alpha value is -5.74. The topological polar surface area (TPSA) is 178 Å². The summed E-state index contributed by atoms with van der Waals surface area (Å²) in [5.41, 5.74) is 2.84. The molecule has 4 aromatic carbocycles. The summed E-state index contributed by atoms with van der Waals surface area (Å²) < 4.78 is 27.8. The molecule has 3 aliphatic rings. The van der Waals surface area contributed by atoms with Crippen LogP contribution in [0.2, 0.25) is 0 Å². The number of fused-ring (bicyclic) bond motifs is 6. The van der Waals surface area contributed by atoms with Crippen LogP contribution in [0.15, 0.2) is 72.8 Å². The first-order valence-corrected chi connectivity index (χ1v) is 19.8. The summed E-state index contributed by atoms with van der Waals surface area (Å²) in [7, 11) is 1.09. The molecule has 14 nitrogen and oxygen atoms in total. The first-order chi connectivity index (χ1) is 27.9. The summed E-state index contributed by atoms with van der Waals surface area (Å²) in [5.74, 6) is -3.19. The SMILES string of the molecule is COC(=O)[C@H]1OC(Oc2cc3c(c4ccccc24)[C@H](CCl)CN3C(=O)c2ccc(C(=O)N3CCc4c3cc(O)c3ccccc43)s2)[C@H](OC(C)=O)[C@@H](O)[C@@H]1OC(C)=O. The lowest BCUT2D eigenvalue weighted by Gasteiger charge is -2.41. The van der Waals surface area contributed by atoms with E-state index < -0.39 is 48.6 Å². The van der Waals surface area contributed by atoms with Crippen LogP contribution in [-0.2, 0) is 39.8 Å². The number of hydrogen-bond donors (Lipinski definition) is 2. The van der Waals surface area contributed by atoms with E-state index in [9.17, 15) is 34.2 Å². The van der Waals surface area contributed by atoms with Crippen molar-refractivity contribution >= 4 is 85.6 Å². The number of aromatic hydroxyl groups is 1. The Morgan fingerprint density at radius 1 is 0.828 bits per heavy atom. The number of carbonyl (C=O) groups excluding carboxylic acids is 5. The van der Waals surface area contributed by atoms with E-state index in [0.717, 1.165) is 48.8 Å². The third kappa shape index (κ3) is 6.77. The number of esters is 3. The maximum absolute atomic E-state index is 14.4. The van der Waals surface area contributed by atoms with Crippen LogP contribution >= 0.6 is 22.9 Å². The molecule has 1 fully saturated rings. The van der Waals surface area contributed by atoms with Crippen LogP contribution in [0.5, 0.6) is 11.5 Å². The summed E-state index contributed by atoms with van der Waals surface area (Å²) in [5, 5.41) is 25.0. The Kier molecular flexibility index (Phi) is 10.5. The summed E-state index contributed by atoms with van der Waals surface area (Å²) in [4.78, 5) is 69.3. The number of aliphatic hydroxyl groups is 1. The van der Waals surface area contributed by atoms with E-state index in [0.29, 0.717) is 50.3 Å². The van der Waals surface area contributed by atoms with Gasteiger partial charge in [0.05, 0.1) is 28.2 Å². The number of nitrogens with zero attached hydrogens (tertiary/aromatic N) is 2. The molecular formula is C42H37ClN2O12S. The quantitative estimate of drug-likeness (QED) is 0.115. The normalized spacial score (nSPS) is 22.4. The summed E-state index contributed by atoms with van der Waals surface area (Å²) in [6.07, 6.45) is -7.61. The molecule has 58 heavy (non-hydrogen) atoms. The van der Waals surface area contributed by atoms with Gasteiger partial charge in [0.25, 0.3) is 11.8 Å². The average Bonchev–Trinajstić information content (AvgIpc) is 3.97. The number of rotatable bonds is 8. The van der Waals surface area contributed by atoms with Crippen LogP contribution in [0.25, 0.3) is 21.5 Å². The molecule has 0 aliphatic carbocycles. The summed E-state index contributed by atoms with van der Waals surface area (Å²) in [6, 6.07) is 21.2. The zero-order valence-corrected chi connectivity index (χ0v) is 33.0. The molecule has 1 unspecified atom stereocenters. The van der Waals surface area contributed by atoms with Gasteiger partial charge in [-0.05, 0) is 40.5 Å². The number of phenols is 1. The molecule has 16 heteroatoms. The van der Waals surface area contributed by atoms with E-state index in [1.54, 1.807) is 46.2 Å². The lowest BCUT2D eigenvalue weighted by molar-refractivity contribution is -0.279. The Balaban J connectivity index is 1.13. The number of phenolic OH excluding ortho intramolecular Hbond substituents is 1. The standard InChI is InChI=1S/C42H37ClN2O12S/c1-20(46)54-36-35(49)37(55-21(2)47)42(57-38(36)41(52)53-3)56-31-17-29-34(27-11-7-6-10-26(27)31)22(18-43)19-45(29)40(51)33-13-12-32(58-33)39(50)44-15-14-24-23-8-4-5-9-25(23)30(48)16-28(24)44/h4-13,16-17,22,35-38,42,48-49H,14-15,18-19H2,1-3H3/t22-,35+,36+,37-,38+,42?/m1/s1. The van der Waals surface area contributed by atoms with Crippen molar-refractivity contribution in [3.63, 3.8) is 0 Å². The summed E-state index contributed by atoms with van der Waals surface area (Å²) in [6.45, 7) is 2.82. The van der Waals surface area contributed by atoms with Gasteiger partial charge in [-0.3, -0.25) is 19.2 Å². The number of thiophene rings is 1. The number of methoxy groups -OCH3 is 1.